The highest BCUT2D eigenvalue weighted by molar-refractivity contribution is 5.80. The van der Waals surface area contributed by atoms with Gasteiger partial charge >= 0.3 is 0 Å². The molecule has 1 saturated heterocycles. The molecule has 2 N–H and O–H groups in total. The largest absolute Gasteiger partial charge is 0.349 e. The van der Waals surface area contributed by atoms with Gasteiger partial charge < -0.3 is 10.6 Å². The van der Waals surface area contributed by atoms with E-state index in [1.165, 1.54) is 0 Å². The van der Waals surface area contributed by atoms with Crippen molar-refractivity contribution in [1.29, 1.82) is 0 Å². The third-order valence-electron chi connectivity index (χ3n) is 3.51. The van der Waals surface area contributed by atoms with E-state index in [4.69, 9.17) is 0 Å². The number of carbonyl (C=O) groups excluding carboxylic acids is 1. The Labute approximate surface area is 103 Å². The zero-order valence-corrected chi connectivity index (χ0v) is 10.4. The van der Waals surface area contributed by atoms with Crippen LogP contribution in [0.1, 0.15) is 25.5 Å². The Morgan fingerprint density at radius 3 is 2.65 bits per heavy atom. The fourth-order valence-corrected chi connectivity index (χ4v) is 2.31. The first-order valence-electron chi connectivity index (χ1n) is 6.24. The van der Waals surface area contributed by atoms with Gasteiger partial charge in [0.2, 0.25) is 5.91 Å². The first-order chi connectivity index (χ1) is 8.18. The number of nitrogens with one attached hydrogen (secondary N) is 2. The number of hydrogen-bond acceptors (Lipinski definition) is 2. The summed E-state index contributed by atoms with van der Waals surface area (Å²) >= 11 is 0. The number of amides is 1. The summed E-state index contributed by atoms with van der Waals surface area (Å²) in [6.45, 7) is 5.89. The fourth-order valence-electron chi connectivity index (χ4n) is 2.31. The minimum absolute atomic E-state index is 0.0801. The van der Waals surface area contributed by atoms with Gasteiger partial charge in [0.1, 0.15) is 0 Å². The van der Waals surface area contributed by atoms with Gasteiger partial charge in [-0.3, -0.25) is 4.79 Å². The van der Waals surface area contributed by atoms with Crippen LogP contribution in [0.4, 0.5) is 0 Å². The lowest BCUT2D eigenvalue weighted by Gasteiger charge is -2.19. The maximum Gasteiger partial charge on any atom is 0.225 e. The first kappa shape index (κ1) is 12.1. The van der Waals surface area contributed by atoms with E-state index in [-0.39, 0.29) is 17.9 Å². The molecule has 2 rings (SSSR count). The Hall–Kier alpha value is -1.35. The fraction of sp³-hybridized carbons (Fsp3) is 0.500. The second-order valence-corrected chi connectivity index (χ2v) is 4.88. The van der Waals surface area contributed by atoms with Crippen molar-refractivity contribution in [3.63, 3.8) is 0 Å². The van der Waals surface area contributed by atoms with Crippen LogP contribution in [0.25, 0.3) is 0 Å². The van der Waals surface area contributed by atoms with Gasteiger partial charge in [0.25, 0.3) is 0 Å². The standard InChI is InChI=1S/C14H20N2O/c1-10-8-15-9-13(10)14(17)16-11(2)12-6-4-3-5-7-12/h3-7,10-11,13,15H,8-9H2,1-2H3,(H,16,17). The quantitative estimate of drug-likeness (QED) is 0.833. The second kappa shape index (κ2) is 5.32. The predicted octanol–water partition coefficient (Wildman–Crippen LogP) is 1.72. The Morgan fingerprint density at radius 2 is 2.06 bits per heavy atom. The molecule has 1 heterocycles. The maximum atomic E-state index is 12.1. The summed E-state index contributed by atoms with van der Waals surface area (Å²) in [5.74, 6) is 0.706. The highest BCUT2D eigenvalue weighted by atomic mass is 16.2. The molecule has 0 saturated carbocycles. The SMILES string of the molecule is CC(NC(=O)C1CNCC1C)c1ccccc1. The van der Waals surface area contributed by atoms with Gasteiger partial charge in [-0.25, -0.2) is 0 Å². The lowest BCUT2D eigenvalue weighted by atomic mass is 9.96. The minimum atomic E-state index is 0.0801. The molecule has 17 heavy (non-hydrogen) atoms. The molecule has 3 nitrogen and oxygen atoms in total. The van der Waals surface area contributed by atoms with Crippen LogP contribution in [0, 0.1) is 11.8 Å². The van der Waals surface area contributed by atoms with Crippen molar-refractivity contribution in [3.05, 3.63) is 35.9 Å². The molecular weight excluding hydrogens is 212 g/mol. The van der Waals surface area contributed by atoms with Gasteiger partial charge in [0.15, 0.2) is 0 Å². The summed E-state index contributed by atoms with van der Waals surface area (Å²) in [5, 5.41) is 6.34. The molecular formula is C14H20N2O. The topological polar surface area (TPSA) is 41.1 Å². The molecule has 1 fully saturated rings. The van der Waals surface area contributed by atoms with Crippen LogP contribution in [0.2, 0.25) is 0 Å². The third kappa shape index (κ3) is 2.86. The van der Waals surface area contributed by atoms with Crippen molar-refractivity contribution in [3.8, 4) is 0 Å². The summed E-state index contributed by atoms with van der Waals surface area (Å²) in [4.78, 5) is 12.1. The van der Waals surface area contributed by atoms with Crippen LogP contribution < -0.4 is 10.6 Å². The zero-order valence-electron chi connectivity index (χ0n) is 10.4. The van der Waals surface area contributed by atoms with Gasteiger partial charge in [-0.15, -0.1) is 0 Å². The van der Waals surface area contributed by atoms with Gasteiger partial charge in [-0.05, 0) is 24.9 Å². The van der Waals surface area contributed by atoms with Crippen molar-refractivity contribution >= 4 is 5.91 Å². The van der Waals surface area contributed by atoms with E-state index in [0.717, 1.165) is 18.7 Å². The summed E-state index contributed by atoms with van der Waals surface area (Å²) in [5.41, 5.74) is 1.15. The van der Waals surface area contributed by atoms with Gasteiger partial charge in [-0.1, -0.05) is 37.3 Å². The van der Waals surface area contributed by atoms with Crippen LogP contribution in [-0.2, 0) is 4.79 Å². The average Bonchev–Trinajstić information content (AvgIpc) is 2.76. The van der Waals surface area contributed by atoms with Crippen LogP contribution in [0.3, 0.4) is 0 Å². The van der Waals surface area contributed by atoms with Crippen molar-refractivity contribution < 1.29 is 4.79 Å². The molecule has 1 aliphatic heterocycles. The van der Waals surface area contributed by atoms with Gasteiger partial charge in [-0.2, -0.15) is 0 Å². The van der Waals surface area contributed by atoms with Crippen molar-refractivity contribution in [2.24, 2.45) is 11.8 Å². The minimum Gasteiger partial charge on any atom is -0.349 e. The monoisotopic (exact) mass is 232 g/mol. The molecule has 92 valence electrons. The molecule has 3 unspecified atom stereocenters. The van der Waals surface area contributed by atoms with E-state index in [0.29, 0.717) is 5.92 Å². The van der Waals surface area contributed by atoms with E-state index in [1.807, 2.05) is 37.3 Å². The Morgan fingerprint density at radius 1 is 1.35 bits per heavy atom. The Kier molecular flexibility index (Phi) is 3.79. The third-order valence-corrected chi connectivity index (χ3v) is 3.51. The molecule has 0 aliphatic carbocycles. The van der Waals surface area contributed by atoms with E-state index < -0.39 is 0 Å². The summed E-state index contributed by atoms with van der Waals surface area (Å²) in [7, 11) is 0. The maximum absolute atomic E-state index is 12.1. The first-order valence-corrected chi connectivity index (χ1v) is 6.24. The molecule has 3 heteroatoms. The van der Waals surface area contributed by atoms with E-state index in [1.54, 1.807) is 0 Å². The van der Waals surface area contributed by atoms with Crippen LogP contribution in [0.5, 0.6) is 0 Å². The smallest absolute Gasteiger partial charge is 0.225 e. The molecule has 3 atom stereocenters. The molecule has 0 spiro atoms. The highest BCUT2D eigenvalue weighted by Crippen LogP contribution is 2.18. The summed E-state index contributed by atoms with van der Waals surface area (Å²) in [6, 6.07) is 10.1. The van der Waals surface area contributed by atoms with Gasteiger partial charge in [0.05, 0.1) is 12.0 Å². The Bertz CT molecular complexity index is 377. The molecule has 0 bridgehead atoms. The van der Waals surface area contributed by atoms with Crippen LogP contribution >= 0.6 is 0 Å². The summed E-state index contributed by atoms with van der Waals surface area (Å²) < 4.78 is 0. The molecule has 0 aromatic heterocycles. The molecule has 0 radical (unpaired) electrons. The second-order valence-electron chi connectivity index (χ2n) is 4.88. The zero-order chi connectivity index (χ0) is 12.3. The van der Waals surface area contributed by atoms with Gasteiger partial charge in [0, 0.05) is 6.54 Å². The average molecular weight is 232 g/mol. The summed E-state index contributed by atoms with van der Waals surface area (Å²) in [6.07, 6.45) is 0. The van der Waals surface area contributed by atoms with E-state index in [2.05, 4.69) is 17.6 Å². The predicted molar refractivity (Wildman–Crippen MR) is 68.5 cm³/mol. The van der Waals surface area contributed by atoms with Crippen LogP contribution in [0.15, 0.2) is 30.3 Å². The number of carbonyl (C=O) groups is 1. The lowest BCUT2D eigenvalue weighted by molar-refractivity contribution is -0.126. The number of rotatable bonds is 3. The Balaban J connectivity index is 1.95. The number of benzene rings is 1. The van der Waals surface area contributed by atoms with E-state index >= 15 is 0 Å². The van der Waals surface area contributed by atoms with Crippen LogP contribution in [-0.4, -0.2) is 19.0 Å². The van der Waals surface area contributed by atoms with Crippen molar-refractivity contribution in [2.45, 2.75) is 19.9 Å². The lowest BCUT2D eigenvalue weighted by Crippen LogP contribution is -2.35. The highest BCUT2D eigenvalue weighted by Gasteiger charge is 2.30. The van der Waals surface area contributed by atoms with Crippen molar-refractivity contribution in [1.82, 2.24) is 10.6 Å². The normalized spacial score (nSPS) is 25.5. The molecule has 1 aromatic rings. The molecule has 1 aromatic carbocycles. The molecule has 1 amide bonds. The molecule has 1 aliphatic rings. The van der Waals surface area contributed by atoms with Crippen molar-refractivity contribution in [2.75, 3.05) is 13.1 Å². The number of hydrogen-bond donors (Lipinski definition) is 2. The van der Waals surface area contributed by atoms with E-state index in [9.17, 15) is 4.79 Å².